The van der Waals surface area contributed by atoms with E-state index in [1.807, 2.05) is 36.4 Å². The van der Waals surface area contributed by atoms with E-state index in [4.69, 9.17) is 4.74 Å². The number of nitrogens with zero attached hydrogens (tertiary/aromatic N) is 2. The van der Waals surface area contributed by atoms with Crippen LogP contribution in [0.1, 0.15) is 28.8 Å². The van der Waals surface area contributed by atoms with Gasteiger partial charge in [-0.05, 0) is 48.7 Å². The van der Waals surface area contributed by atoms with Gasteiger partial charge >= 0.3 is 0 Å². The number of H-pyrrole nitrogens is 1. The van der Waals surface area contributed by atoms with Crippen LogP contribution in [0.15, 0.2) is 66.9 Å². The number of carbonyl (C=O) groups excluding carboxylic acids is 1. The highest BCUT2D eigenvalue weighted by Gasteiger charge is 2.26. The van der Waals surface area contributed by atoms with E-state index < -0.39 is 0 Å². The molecule has 1 N–H and O–H groups in total. The SMILES string of the molecule is CN(Cc1c(F)ccc2cn[nH]c12)C(=O)c1ccc(-c2ccccc2)c(OC2CC2)c1. The van der Waals surface area contributed by atoms with E-state index in [-0.39, 0.29) is 24.4 Å². The van der Waals surface area contributed by atoms with E-state index in [9.17, 15) is 9.18 Å². The van der Waals surface area contributed by atoms with E-state index in [0.29, 0.717) is 22.4 Å². The molecule has 0 saturated heterocycles. The van der Waals surface area contributed by atoms with Crippen LogP contribution < -0.4 is 4.74 Å². The first-order valence-corrected chi connectivity index (χ1v) is 10.3. The minimum Gasteiger partial charge on any atom is -0.490 e. The zero-order valence-electron chi connectivity index (χ0n) is 17.1. The van der Waals surface area contributed by atoms with Crippen molar-refractivity contribution in [2.24, 2.45) is 0 Å². The lowest BCUT2D eigenvalue weighted by atomic mass is 10.0. The van der Waals surface area contributed by atoms with E-state index in [1.54, 1.807) is 31.4 Å². The van der Waals surface area contributed by atoms with Crippen molar-refractivity contribution in [1.29, 1.82) is 0 Å². The molecular formula is C25H22FN3O2. The van der Waals surface area contributed by atoms with Gasteiger partial charge in [0.25, 0.3) is 5.91 Å². The molecule has 156 valence electrons. The lowest BCUT2D eigenvalue weighted by Gasteiger charge is -2.19. The van der Waals surface area contributed by atoms with Gasteiger partial charge in [0.2, 0.25) is 0 Å². The molecule has 0 bridgehead atoms. The third-order valence-corrected chi connectivity index (χ3v) is 5.54. The normalized spacial score (nSPS) is 13.4. The monoisotopic (exact) mass is 415 g/mol. The predicted molar refractivity (Wildman–Crippen MR) is 117 cm³/mol. The van der Waals surface area contributed by atoms with Crippen molar-refractivity contribution in [3.63, 3.8) is 0 Å². The summed E-state index contributed by atoms with van der Waals surface area (Å²) in [6.07, 6.45) is 3.90. The number of carbonyl (C=O) groups is 1. The summed E-state index contributed by atoms with van der Waals surface area (Å²) in [5.41, 5.74) is 3.53. The Hall–Kier alpha value is -3.67. The zero-order chi connectivity index (χ0) is 21.4. The number of ether oxygens (including phenoxy) is 1. The van der Waals surface area contributed by atoms with Crippen LogP contribution >= 0.6 is 0 Å². The number of hydrogen-bond donors (Lipinski definition) is 1. The molecule has 1 aliphatic rings. The average molecular weight is 415 g/mol. The molecule has 1 heterocycles. The zero-order valence-corrected chi connectivity index (χ0v) is 17.1. The molecule has 3 aromatic carbocycles. The summed E-state index contributed by atoms with van der Waals surface area (Å²) in [6, 6.07) is 18.6. The van der Waals surface area contributed by atoms with E-state index in [0.717, 1.165) is 29.4 Å². The molecule has 1 fully saturated rings. The maximum Gasteiger partial charge on any atom is 0.254 e. The first kappa shape index (κ1) is 19.3. The van der Waals surface area contributed by atoms with Crippen molar-refractivity contribution in [1.82, 2.24) is 15.1 Å². The number of rotatable bonds is 6. The van der Waals surface area contributed by atoms with Gasteiger partial charge in [-0.15, -0.1) is 0 Å². The molecular weight excluding hydrogens is 393 g/mol. The van der Waals surface area contributed by atoms with Gasteiger partial charge < -0.3 is 9.64 Å². The van der Waals surface area contributed by atoms with Crippen LogP contribution in [0.2, 0.25) is 0 Å². The Morgan fingerprint density at radius 3 is 2.74 bits per heavy atom. The van der Waals surface area contributed by atoms with Crippen molar-refractivity contribution >= 4 is 16.8 Å². The Bertz CT molecular complexity index is 1250. The fourth-order valence-electron chi connectivity index (χ4n) is 3.70. The molecule has 4 aromatic rings. The molecule has 1 aromatic heterocycles. The Labute approximate surface area is 179 Å². The topological polar surface area (TPSA) is 58.2 Å². The number of aromatic amines is 1. The molecule has 5 rings (SSSR count). The molecule has 1 saturated carbocycles. The third kappa shape index (κ3) is 3.89. The van der Waals surface area contributed by atoms with Gasteiger partial charge in [-0.1, -0.05) is 30.3 Å². The highest BCUT2D eigenvalue weighted by Crippen LogP contribution is 2.36. The maximum atomic E-state index is 14.5. The van der Waals surface area contributed by atoms with Crippen LogP contribution in [0.4, 0.5) is 4.39 Å². The van der Waals surface area contributed by atoms with Gasteiger partial charge in [0.05, 0.1) is 24.4 Å². The number of amides is 1. The summed E-state index contributed by atoms with van der Waals surface area (Å²) in [4.78, 5) is 14.7. The van der Waals surface area contributed by atoms with Gasteiger partial charge in [-0.2, -0.15) is 5.10 Å². The molecule has 0 aliphatic heterocycles. The standard InChI is InChI=1S/C25H22FN3O2/c1-29(15-21-22(26)12-8-18-14-27-28-24(18)21)25(30)17-7-11-20(16-5-3-2-4-6-16)23(13-17)31-19-9-10-19/h2-8,11-14,19H,9-10,15H2,1H3,(H,27,28). The van der Waals surface area contributed by atoms with Gasteiger partial charge in [-0.3, -0.25) is 9.89 Å². The Morgan fingerprint density at radius 1 is 1.16 bits per heavy atom. The maximum absolute atomic E-state index is 14.5. The predicted octanol–water partition coefficient (Wildman–Crippen LogP) is 5.18. The van der Waals surface area contributed by atoms with Crippen molar-refractivity contribution < 1.29 is 13.9 Å². The quantitative estimate of drug-likeness (QED) is 0.472. The molecule has 5 nitrogen and oxygen atoms in total. The summed E-state index contributed by atoms with van der Waals surface area (Å²) in [7, 11) is 1.67. The Morgan fingerprint density at radius 2 is 1.97 bits per heavy atom. The average Bonchev–Trinajstić information content (AvgIpc) is 3.48. The molecule has 31 heavy (non-hydrogen) atoms. The van der Waals surface area contributed by atoms with Crippen LogP contribution in [0.5, 0.6) is 5.75 Å². The number of halogens is 1. The molecule has 0 spiro atoms. The molecule has 0 unspecified atom stereocenters. The summed E-state index contributed by atoms with van der Waals surface area (Å²) < 4.78 is 20.6. The number of fused-ring (bicyclic) bond motifs is 1. The van der Waals surface area contributed by atoms with Gasteiger partial charge in [0.15, 0.2) is 0 Å². The first-order valence-electron chi connectivity index (χ1n) is 10.3. The van der Waals surface area contributed by atoms with Crippen molar-refractivity contribution in [3.8, 4) is 16.9 Å². The minimum absolute atomic E-state index is 0.128. The van der Waals surface area contributed by atoms with Crippen LogP contribution in [-0.4, -0.2) is 34.2 Å². The highest BCUT2D eigenvalue weighted by atomic mass is 19.1. The van der Waals surface area contributed by atoms with Crippen LogP contribution in [0.3, 0.4) is 0 Å². The molecule has 0 atom stereocenters. The Balaban J connectivity index is 1.44. The third-order valence-electron chi connectivity index (χ3n) is 5.54. The molecule has 6 heteroatoms. The minimum atomic E-state index is -0.367. The second-order valence-corrected chi connectivity index (χ2v) is 7.92. The number of benzene rings is 3. The number of aromatic nitrogens is 2. The van der Waals surface area contributed by atoms with Crippen molar-refractivity contribution in [2.75, 3.05) is 7.05 Å². The molecule has 1 amide bonds. The van der Waals surface area contributed by atoms with Crippen molar-refractivity contribution in [3.05, 3.63) is 83.8 Å². The van der Waals surface area contributed by atoms with E-state index in [2.05, 4.69) is 10.2 Å². The van der Waals surface area contributed by atoms with Crippen LogP contribution in [0, 0.1) is 5.82 Å². The van der Waals surface area contributed by atoms with Gasteiger partial charge in [-0.25, -0.2) is 4.39 Å². The smallest absolute Gasteiger partial charge is 0.254 e. The van der Waals surface area contributed by atoms with Crippen molar-refractivity contribution in [2.45, 2.75) is 25.5 Å². The lowest BCUT2D eigenvalue weighted by Crippen LogP contribution is -2.27. The fraction of sp³-hybridized carbons (Fsp3) is 0.200. The molecule has 1 aliphatic carbocycles. The second-order valence-electron chi connectivity index (χ2n) is 7.92. The fourth-order valence-corrected chi connectivity index (χ4v) is 3.70. The van der Waals surface area contributed by atoms with Gasteiger partial charge in [0, 0.05) is 29.1 Å². The largest absolute Gasteiger partial charge is 0.490 e. The van der Waals surface area contributed by atoms with E-state index >= 15 is 0 Å². The highest BCUT2D eigenvalue weighted by molar-refractivity contribution is 5.95. The van der Waals surface area contributed by atoms with E-state index in [1.165, 1.54) is 11.0 Å². The number of hydrogen-bond acceptors (Lipinski definition) is 3. The number of nitrogens with one attached hydrogen (secondary N) is 1. The summed E-state index contributed by atoms with van der Waals surface area (Å²) in [6.45, 7) is 0.128. The van der Waals surface area contributed by atoms with Crippen LogP contribution in [0.25, 0.3) is 22.0 Å². The summed E-state index contributed by atoms with van der Waals surface area (Å²) >= 11 is 0. The summed E-state index contributed by atoms with van der Waals surface area (Å²) in [5.74, 6) is 0.138. The Kier molecular flexibility index (Phi) is 4.90. The summed E-state index contributed by atoms with van der Waals surface area (Å²) in [5, 5.41) is 7.62. The molecule has 0 radical (unpaired) electrons. The van der Waals surface area contributed by atoms with Crippen LogP contribution in [-0.2, 0) is 6.54 Å². The van der Waals surface area contributed by atoms with Gasteiger partial charge in [0.1, 0.15) is 11.6 Å². The first-order chi connectivity index (χ1) is 15.1. The second kappa shape index (κ2) is 7.87. The lowest BCUT2D eigenvalue weighted by molar-refractivity contribution is 0.0784.